The van der Waals surface area contributed by atoms with E-state index in [0.717, 1.165) is 11.1 Å². The summed E-state index contributed by atoms with van der Waals surface area (Å²) >= 11 is 0. The highest BCUT2D eigenvalue weighted by Crippen LogP contribution is 2.22. The van der Waals surface area contributed by atoms with Crippen LogP contribution in [0.25, 0.3) is 0 Å². The first kappa shape index (κ1) is 22.8. The Morgan fingerprint density at radius 3 is 2.24 bits per heavy atom. The molecule has 2 aromatic carbocycles. The lowest BCUT2D eigenvalue weighted by Gasteiger charge is -2.42. The summed E-state index contributed by atoms with van der Waals surface area (Å²) in [7, 11) is 0. The second-order valence-electron chi connectivity index (χ2n) is 8.23. The van der Waals surface area contributed by atoms with Gasteiger partial charge in [-0.2, -0.15) is 0 Å². The summed E-state index contributed by atoms with van der Waals surface area (Å²) in [4.78, 5) is 13.3. The van der Waals surface area contributed by atoms with Crippen molar-refractivity contribution in [1.29, 1.82) is 0 Å². The molecule has 0 bridgehead atoms. The maximum atomic E-state index is 13.0. The topological polar surface area (TPSA) is 72.8 Å². The molecule has 6 heteroatoms. The lowest BCUT2D eigenvalue weighted by Crippen LogP contribution is -2.58. The van der Waals surface area contributed by atoms with E-state index in [-0.39, 0.29) is 12.4 Å². The van der Waals surface area contributed by atoms with E-state index < -0.39 is 23.8 Å². The largest absolute Gasteiger partial charge is 0.465 e. The summed E-state index contributed by atoms with van der Waals surface area (Å²) in [5.74, 6) is -0.267. The van der Waals surface area contributed by atoms with E-state index >= 15 is 0 Å². The van der Waals surface area contributed by atoms with Crippen LogP contribution in [0.5, 0.6) is 0 Å². The number of amides is 1. The van der Waals surface area contributed by atoms with Crippen LogP contribution >= 0.6 is 0 Å². The van der Waals surface area contributed by atoms with Gasteiger partial charge in [0.2, 0.25) is 0 Å². The number of nitrogens with one attached hydrogen (secondary N) is 1. The lowest BCUT2D eigenvalue weighted by molar-refractivity contribution is 0.00792. The van der Waals surface area contributed by atoms with Gasteiger partial charge in [-0.25, -0.2) is 9.18 Å². The quantitative estimate of drug-likeness (QED) is 0.559. The number of benzene rings is 2. The number of hydrogen-bond acceptors (Lipinski definition) is 3. The Labute approximate surface area is 172 Å². The molecule has 5 nitrogen and oxygen atoms in total. The minimum atomic E-state index is -1.05. The number of carbonyl (C=O) groups is 1. The second-order valence-corrected chi connectivity index (χ2v) is 8.23. The normalized spacial score (nSPS) is 13.7. The predicted octanol–water partition coefficient (Wildman–Crippen LogP) is 3.71. The van der Waals surface area contributed by atoms with E-state index in [1.54, 1.807) is 12.1 Å². The number of aliphatic hydroxyl groups is 1. The van der Waals surface area contributed by atoms with Gasteiger partial charge < -0.3 is 15.5 Å². The van der Waals surface area contributed by atoms with Gasteiger partial charge in [-0.3, -0.25) is 4.90 Å². The van der Waals surface area contributed by atoms with E-state index in [0.29, 0.717) is 19.4 Å². The molecule has 3 N–H and O–H groups in total. The highest BCUT2D eigenvalue weighted by Gasteiger charge is 2.37. The Bertz CT molecular complexity index is 760. The van der Waals surface area contributed by atoms with Gasteiger partial charge in [0.15, 0.2) is 0 Å². The molecule has 158 valence electrons. The molecule has 2 aromatic rings. The molecule has 0 heterocycles. The fourth-order valence-electron chi connectivity index (χ4n) is 3.45. The van der Waals surface area contributed by atoms with Gasteiger partial charge in [-0.15, -0.1) is 0 Å². The van der Waals surface area contributed by atoms with Gasteiger partial charge >= 0.3 is 6.09 Å². The number of hydrogen-bond donors (Lipinski definition) is 3. The minimum Gasteiger partial charge on any atom is -0.465 e. The molecule has 2 rings (SSSR count). The number of aliphatic hydroxyl groups excluding tert-OH is 1. The molecule has 2 atom stereocenters. The van der Waals surface area contributed by atoms with Crippen molar-refractivity contribution < 1.29 is 19.4 Å². The zero-order chi connectivity index (χ0) is 21.4. The number of carboxylic acid groups (broad SMARTS) is 1. The third-order valence-electron chi connectivity index (χ3n) is 4.85. The Morgan fingerprint density at radius 1 is 1.07 bits per heavy atom. The van der Waals surface area contributed by atoms with E-state index in [1.165, 1.54) is 17.0 Å². The van der Waals surface area contributed by atoms with Crippen LogP contribution in [0.3, 0.4) is 0 Å². The maximum absolute atomic E-state index is 13.0. The minimum absolute atomic E-state index is 0.262. The Morgan fingerprint density at radius 2 is 1.69 bits per heavy atom. The van der Waals surface area contributed by atoms with Crippen molar-refractivity contribution in [2.75, 3.05) is 13.1 Å². The molecular weight excluding hydrogens is 371 g/mol. The average molecular weight is 403 g/mol. The van der Waals surface area contributed by atoms with Crippen LogP contribution in [0.4, 0.5) is 9.18 Å². The zero-order valence-electron chi connectivity index (χ0n) is 17.3. The summed E-state index contributed by atoms with van der Waals surface area (Å²) in [5, 5.41) is 23.9. The molecule has 0 unspecified atom stereocenters. The molecule has 0 saturated heterocycles. The summed E-state index contributed by atoms with van der Waals surface area (Å²) in [6, 6.07) is 15.3. The monoisotopic (exact) mass is 402 g/mol. The molecule has 0 radical (unpaired) electrons. The SMILES string of the molecule is CC(C)(C)N(C(=O)O)[C@@H](Cc1ccccc1)[C@H](O)CNCCc1ccc(F)cc1. The smallest absolute Gasteiger partial charge is 0.408 e. The Kier molecular flexibility index (Phi) is 8.17. The van der Waals surface area contributed by atoms with Gasteiger partial charge in [-0.1, -0.05) is 42.5 Å². The molecule has 0 aliphatic heterocycles. The van der Waals surface area contributed by atoms with Crippen molar-refractivity contribution in [3.8, 4) is 0 Å². The maximum Gasteiger partial charge on any atom is 0.408 e. The molecule has 0 fully saturated rings. The fourth-order valence-corrected chi connectivity index (χ4v) is 3.45. The molecule has 0 saturated carbocycles. The van der Waals surface area contributed by atoms with Crippen LogP contribution in [0.2, 0.25) is 0 Å². The van der Waals surface area contributed by atoms with Crippen molar-refractivity contribution in [3.05, 3.63) is 71.5 Å². The average Bonchev–Trinajstić information content (AvgIpc) is 2.65. The number of halogens is 1. The van der Waals surface area contributed by atoms with Gasteiger partial charge in [0, 0.05) is 12.1 Å². The van der Waals surface area contributed by atoms with Crippen LogP contribution in [-0.2, 0) is 12.8 Å². The highest BCUT2D eigenvalue weighted by molar-refractivity contribution is 5.66. The summed E-state index contributed by atoms with van der Waals surface area (Å²) in [6.07, 6.45) is -0.814. The van der Waals surface area contributed by atoms with Gasteiger partial charge in [0.1, 0.15) is 5.82 Å². The van der Waals surface area contributed by atoms with Crippen molar-refractivity contribution in [1.82, 2.24) is 10.2 Å². The molecule has 1 amide bonds. The standard InChI is InChI=1S/C23H31FN2O3/c1-23(2,3)26(22(28)29)20(15-18-7-5-4-6-8-18)21(27)16-25-14-13-17-9-11-19(24)12-10-17/h4-12,20-21,25,27H,13-16H2,1-3H3,(H,28,29)/t20-,21+/m0/s1. The summed E-state index contributed by atoms with van der Waals surface area (Å²) in [5.41, 5.74) is 1.31. The molecule has 0 aliphatic carbocycles. The zero-order valence-corrected chi connectivity index (χ0v) is 17.3. The van der Waals surface area contributed by atoms with Gasteiger partial charge in [-0.05, 0) is 63.4 Å². The van der Waals surface area contributed by atoms with Crippen molar-refractivity contribution in [2.45, 2.75) is 51.3 Å². The van der Waals surface area contributed by atoms with Crippen molar-refractivity contribution in [3.63, 3.8) is 0 Å². The van der Waals surface area contributed by atoms with Crippen molar-refractivity contribution >= 4 is 6.09 Å². The van der Waals surface area contributed by atoms with Gasteiger partial charge in [0.25, 0.3) is 0 Å². The lowest BCUT2D eigenvalue weighted by atomic mass is 9.94. The first-order valence-corrected chi connectivity index (χ1v) is 9.88. The van der Waals surface area contributed by atoms with E-state index in [4.69, 9.17) is 0 Å². The van der Waals surface area contributed by atoms with Crippen LogP contribution in [-0.4, -0.2) is 52.0 Å². The molecule has 0 spiro atoms. The number of rotatable bonds is 9. The van der Waals surface area contributed by atoms with Crippen molar-refractivity contribution in [2.24, 2.45) is 0 Å². The Balaban J connectivity index is 2.03. The molecular formula is C23H31FN2O3. The fraction of sp³-hybridized carbons (Fsp3) is 0.435. The number of nitrogens with zero attached hydrogens (tertiary/aromatic N) is 1. The second kappa shape index (κ2) is 10.4. The first-order chi connectivity index (χ1) is 13.7. The Hall–Kier alpha value is -2.44. The molecule has 0 aliphatic rings. The van der Waals surface area contributed by atoms with Crippen LogP contribution in [0.1, 0.15) is 31.9 Å². The summed E-state index contributed by atoms with van der Waals surface area (Å²) < 4.78 is 13.0. The molecule has 0 aromatic heterocycles. The van der Waals surface area contributed by atoms with Crippen LogP contribution in [0.15, 0.2) is 54.6 Å². The van der Waals surface area contributed by atoms with E-state index in [2.05, 4.69) is 5.32 Å². The predicted molar refractivity (Wildman–Crippen MR) is 113 cm³/mol. The van der Waals surface area contributed by atoms with Crippen LogP contribution in [0, 0.1) is 5.82 Å². The third kappa shape index (κ3) is 7.15. The van der Waals surface area contributed by atoms with E-state index in [9.17, 15) is 19.4 Å². The summed E-state index contributed by atoms with van der Waals surface area (Å²) in [6.45, 7) is 6.34. The van der Waals surface area contributed by atoms with Gasteiger partial charge in [0.05, 0.1) is 12.1 Å². The first-order valence-electron chi connectivity index (χ1n) is 9.88. The highest BCUT2D eigenvalue weighted by atomic mass is 19.1. The van der Waals surface area contributed by atoms with E-state index in [1.807, 2.05) is 51.1 Å². The van der Waals surface area contributed by atoms with Crippen LogP contribution < -0.4 is 5.32 Å². The third-order valence-corrected chi connectivity index (χ3v) is 4.85. The molecule has 29 heavy (non-hydrogen) atoms.